The Kier molecular flexibility index (Phi) is 12.2. The summed E-state index contributed by atoms with van der Waals surface area (Å²) in [6, 6.07) is 19.9. The Labute approximate surface area is 306 Å². The van der Waals surface area contributed by atoms with Crippen molar-refractivity contribution in [3.05, 3.63) is 77.4 Å². The number of methoxy groups -OCH3 is 2. The topological polar surface area (TPSA) is 99.5 Å². The number of aromatic nitrogens is 1. The van der Waals surface area contributed by atoms with E-state index in [9.17, 15) is 14.4 Å². The number of ether oxygens (including phenoxy) is 4. The molecule has 0 unspecified atom stereocenters. The van der Waals surface area contributed by atoms with Gasteiger partial charge in [-0.15, -0.1) is 0 Å². The molecule has 0 spiro atoms. The SMILES string of the molecule is CC.COC(=O)Cn1c(-c2ccc(OCc3cc(N4CCCC4=O)ccc3N3CCOCC3)cc2)c(C2CCCCC2)c2ccc(C(=O)OC)cc21. The number of benzene rings is 3. The zero-order valence-electron chi connectivity index (χ0n) is 30.9. The van der Waals surface area contributed by atoms with Crippen LogP contribution in [-0.2, 0) is 37.0 Å². The number of amides is 1. The van der Waals surface area contributed by atoms with Gasteiger partial charge in [-0.2, -0.15) is 0 Å². The van der Waals surface area contributed by atoms with Crippen LogP contribution in [0.1, 0.15) is 86.2 Å². The molecule has 276 valence electrons. The Morgan fingerprint density at radius 3 is 2.27 bits per heavy atom. The third kappa shape index (κ3) is 7.82. The Hall–Kier alpha value is -4.83. The van der Waals surface area contributed by atoms with Crippen molar-refractivity contribution in [3.8, 4) is 17.0 Å². The fourth-order valence-corrected chi connectivity index (χ4v) is 7.85. The van der Waals surface area contributed by atoms with Gasteiger partial charge < -0.3 is 33.3 Å². The van der Waals surface area contributed by atoms with Crippen molar-refractivity contribution in [1.29, 1.82) is 0 Å². The van der Waals surface area contributed by atoms with Crippen molar-refractivity contribution < 1.29 is 33.3 Å². The number of esters is 2. The molecule has 3 fully saturated rings. The van der Waals surface area contributed by atoms with Crippen LogP contribution < -0.4 is 14.5 Å². The molecule has 10 heteroatoms. The molecule has 3 aliphatic rings. The maximum atomic E-state index is 12.8. The molecule has 0 atom stereocenters. The molecule has 4 aromatic rings. The van der Waals surface area contributed by atoms with Crippen molar-refractivity contribution in [2.24, 2.45) is 0 Å². The Morgan fingerprint density at radius 1 is 0.846 bits per heavy atom. The van der Waals surface area contributed by atoms with E-state index in [4.69, 9.17) is 18.9 Å². The zero-order chi connectivity index (χ0) is 36.6. The summed E-state index contributed by atoms with van der Waals surface area (Å²) >= 11 is 0. The minimum Gasteiger partial charge on any atom is -0.489 e. The normalized spacial score (nSPS) is 16.4. The predicted octanol–water partition coefficient (Wildman–Crippen LogP) is 7.88. The Balaban J connectivity index is 0.00000228. The summed E-state index contributed by atoms with van der Waals surface area (Å²) < 4.78 is 24.2. The van der Waals surface area contributed by atoms with E-state index in [0.29, 0.717) is 43.5 Å². The third-order valence-corrected chi connectivity index (χ3v) is 10.4. The first-order chi connectivity index (χ1) is 25.4. The minimum absolute atomic E-state index is 0.0120. The van der Waals surface area contributed by atoms with Gasteiger partial charge in [0.15, 0.2) is 0 Å². The van der Waals surface area contributed by atoms with Crippen LogP contribution in [0.25, 0.3) is 22.2 Å². The molecular formula is C42H51N3O7. The number of carbonyl (C=O) groups is 3. The average Bonchev–Trinajstić information content (AvgIpc) is 3.78. The molecule has 0 radical (unpaired) electrons. The lowest BCUT2D eigenvalue weighted by Crippen LogP contribution is -2.37. The van der Waals surface area contributed by atoms with E-state index in [2.05, 4.69) is 17.0 Å². The second-order valence-electron chi connectivity index (χ2n) is 13.4. The highest BCUT2D eigenvalue weighted by Gasteiger charge is 2.29. The molecule has 2 saturated heterocycles. The number of fused-ring (bicyclic) bond motifs is 1. The molecule has 0 bridgehead atoms. The second kappa shape index (κ2) is 17.1. The average molecular weight is 710 g/mol. The molecule has 0 N–H and O–H groups in total. The van der Waals surface area contributed by atoms with Crippen molar-refractivity contribution in [3.63, 3.8) is 0 Å². The first kappa shape index (κ1) is 36.9. The van der Waals surface area contributed by atoms with Gasteiger partial charge in [-0.25, -0.2) is 4.79 Å². The first-order valence-corrected chi connectivity index (χ1v) is 18.8. The van der Waals surface area contributed by atoms with Crippen LogP contribution in [0.5, 0.6) is 5.75 Å². The fraction of sp³-hybridized carbons (Fsp3) is 0.452. The van der Waals surface area contributed by atoms with E-state index in [0.717, 1.165) is 90.8 Å². The van der Waals surface area contributed by atoms with Gasteiger partial charge >= 0.3 is 11.9 Å². The number of hydrogen-bond donors (Lipinski definition) is 0. The van der Waals surface area contributed by atoms with Gasteiger partial charge in [-0.05, 0) is 90.9 Å². The van der Waals surface area contributed by atoms with Gasteiger partial charge in [0, 0.05) is 48.4 Å². The Morgan fingerprint density at radius 2 is 1.60 bits per heavy atom. The summed E-state index contributed by atoms with van der Waals surface area (Å²) in [5.74, 6) is 0.413. The van der Waals surface area contributed by atoms with Crippen molar-refractivity contribution >= 4 is 40.1 Å². The summed E-state index contributed by atoms with van der Waals surface area (Å²) in [6.07, 6.45) is 7.11. The highest BCUT2D eigenvalue weighted by atomic mass is 16.5. The number of hydrogen-bond acceptors (Lipinski definition) is 8. The number of anilines is 2. The molecule has 10 nitrogen and oxygen atoms in total. The number of rotatable bonds is 10. The smallest absolute Gasteiger partial charge is 0.337 e. The van der Waals surface area contributed by atoms with E-state index < -0.39 is 5.97 Å². The molecule has 52 heavy (non-hydrogen) atoms. The largest absolute Gasteiger partial charge is 0.489 e. The summed E-state index contributed by atoms with van der Waals surface area (Å²) in [7, 11) is 2.77. The number of morpholine rings is 1. The standard InChI is InChI=1S/C40H45N3O7.C2H6/c1-47-37(45)25-43-35-24-29(40(46)48-2)12-16-33(35)38(27-7-4-3-5-8-27)39(43)28-10-14-32(15-11-28)50-26-30-23-31(42-18-6-9-36(42)44)13-17-34(30)41-19-21-49-22-20-41;1-2/h10-17,23-24,27H,3-9,18-22,25-26H2,1-2H3;1-2H3. The second-order valence-corrected chi connectivity index (χ2v) is 13.4. The lowest BCUT2D eigenvalue weighted by atomic mass is 9.82. The summed E-state index contributed by atoms with van der Waals surface area (Å²) in [5.41, 5.74) is 7.39. The third-order valence-electron chi connectivity index (χ3n) is 10.4. The van der Waals surface area contributed by atoms with Crippen LogP contribution in [0, 0.1) is 0 Å². The lowest BCUT2D eigenvalue weighted by molar-refractivity contribution is -0.141. The van der Waals surface area contributed by atoms with Crippen molar-refractivity contribution in [2.75, 3.05) is 56.9 Å². The van der Waals surface area contributed by atoms with Crippen molar-refractivity contribution in [2.45, 2.75) is 77.9 Å². The van der Waals surface area contributed by atoms with Gasteiger partial charge in [0.05, 0.1) is 44.2 Å². The van der Waals surface area contributed by atoms with E-state index >= 15 is 0 Å². The van der Waals surface area contributed by atoms with Gasteiger partial charge in [-0.3, -0.25) is 9.59 Å². The van der Waals surface area contributed by atoms with E-state index in [1.807, 2.05) is 71.8 Å². The molecule has 7 rings (SSSR count). The maximum Gasteiger partial charge on any atom is 0.337 e. The van der Waals surface area contributed by atoms with Crippen LogP contribution in [0.2, 0.25) is 0 Å². The van der Waals surface area contributed by atoms with E-state index in [-0.39, 0.29) is 18.4 Å². The molecule has 2 aliphatic heterocycles. The van der Waals surface area contributed by atoms with Crippen LogP contribution in [0.3, 0.4) is 0 Å². The van der Waals surface area contributed by atoms with Gasteiger partial charge in [0.25, 0.3) is 0 Å². The van der Waals surface area contributed by atoms with Crippen LogP contribution in [-0.4, -0.2) is 69.5 Å². The quantitative estimate of drug-likeness (QED) is 0.153. The minimum atomic E-state index is -0.422. The Bertz CT molecular complexity index is 1870. The van der Waals surface area contributed by atoms with Crippen LogP contribution in [0.15, 0.2) is 60.7 Å². The van der Waals surface area contributed by atoms with Crippen molar-refractivity contribution in [1.82, 2.24) is 4.57 Å². The van der Waals surface area contributed by atoms with E-state index in [1.54, 1.807) is 0 Å². The number of carbonyl (C=O) groups excluding carboxylic acids is 3. The van der Waals surface area contributed by atoms with Crippen LogP contribution >= 0.6 is 0 Å². The summed E-state index contributed by atoms with van der Waals surface area (Å²) in [6.45, 7) is 8.03. The lowest BCUT2D eigenvalue weighted by Gasteiger charge is -2.31. The molecule has 1 aromatic heterocycles. The zero-order valence-corrected chi connectivity index (χ0v) is 30.9. The van der Waals surface area contributed by atoms with Gasteiger partial charge in [-0.1, -0.05) is 39.2 Å². The monoisotopic (exact) mass is 709 g/mol. The maximum absolute atomic E-state index is 12.8. The predicted molar refractivity (Wildman–Crippen MR) is 203 cm³/mol. The van der Waals surface area contributed by atoms with Gasteiger partial charge in [0.1, 0.15) is 18.9 Å². The molecule has 1 aliphatic carbocycles. The number of nitrogens with zero attached hydrogens (tertiary/aromatic N) is 3. The molecule has 3 heterocycles. The highest BCUT2D eigenvalue weighted by Crippen LogP contribution is 2.45. The molecular weight excluding hydrogens is 658 g/mol. The summed E-state index contributed by atoms with van der Waals surface area (Å²) in [4.78, 5) is 42.1. The fourth-order valence-electron chi connectivity index (χ4n) is 7.85. The molecule has 3 aromatic carbocycles. The van der Waals surface area contributed by atoms with Gasteiger partial charge in [0.2, 0.25) is 5.91 Å². The highest BCUT2D eigenvalue weighted by molar-refractivity contribution is 5.99. The molecule has 1 saturated carbocycles. The van der Waals surface area contributed by atoms with E-state index in [1.165, 1.54) is 26.2 Å². The van der Waals surface area contributed by atoms with Crippen LogP contribution in [0.4, 0.5) is 11.4 Å². The molecule has 1 amide bonds. The first-order valence-electron chi connectivity index (χ1n) is 18.8. The summed E-state index contributed by atoms with van der Waals surface area (Å²) in [5, 5.41) is 1.04.